The molecule has 0 aromatic carbocycles. The van der Waals surface area contributed by atoms with E-state index < -0.39 is 20.0 Å². The standard InChI is InChI=1S/C51H93N2O6P/c1-6-8-10-12-14-15-16-17-18-19-20-21-22-23-24-25-26-27-28-29-30-31-32-33-34-35-36-37-39-41-43-45-51(55)52-49(50(54)44-42-40-38-13-11-9-7-2)48-59-60(56,57)58-47-46-53(3,4)5/h8,10,14-15,17-18,20-21,23-24,42,44,49-50,54H,6-7,9,11-13,16,19,22,25-41,43,45-48H2,1-5H3,(H-,52,55,56,57)/p+1/b10-8-,15-14-,18-17-,21-20-,24-23-,44-42+. The summed E-state index contributed by atoms with van der Waals surface area (Å²) in [5.74, 6) is -0.185. The lowest BCUT2D eigenvalue weighted by Crippen LogP contribution is -2.45. The van der Waals surface area contributed by atoms with Crippen molar-refractivity contribution < 1.29 is 32.9 Å². The highest BCUT2D eigenvalue weighted by Gasteiger charge is 2.27. The molecule has 3 N–H and O–H groups in total. The van der Waals surface area contributed by atoms with Gasteiger partial charge in [0, 0.05) is 6.42 Å². The second-order valence-electron chi connectivity index (χ2n) is 17.5. The van der Waals surface area contributed by atoms with E-state index in [2.05, 4.69) is 79.9 Å². The molecule has 348 valence electrons. The highest BCUT2D eigenvalue weighted by Crippen LogP contribution is 2.43. The summed E-state index contributed by atoms with van der Waals surface area (Å²) in [5.41, 5.74) is 0. The molecule has 0 saturated heterocycles. The Labute approximate surface area is 370 Å². The Morgan fingerprint density at radius 1 is 0.583 bits per heavy atom. The van der Waals surface area contributed by atoms with Crippen molar-refractivity contribution in [3.8, 4) is 0 Å². The van der Waals surface area contributed by atoms with Crippen LogP contribution in [0.4, 0.5) is 0 Å². The maximum absolute atomic E-state index is 12.8. The summed E-state index contributed by atoms with van der Waals surface area (Å²) in [5, 5.41) is 13.7. The summed E-state index contributed by atoms with van der Waals surface area (Å²) in [7, 11) is 1.56. The number of quaternary nitrogens is 1. The third kappa shape index (κ3) is 44.0. The number of nitrogens with zero attached hydrogens (tertiary/aromatic N) is 1. The van der Waals surface area contributed by atoms with Gasteiger partial charge in [-0.3, -0.25) is 13.8 Å². The van der Waals surface area contributed by atoms with Gasteiger partial charge in [-0.25, -0.2) is 4.57 Å². The van der Waals surface area contributed by atoms with Crippen molar-refractivity contribution in [1.82, 2.24) is 5.32 Å². The van der Waals surface area contributed by atoms with Gasteiger partial charge >= 0.3 is 7.82 Å². The Morgan fingerprint density at radius 2 is 1.00 bits per heavy atom. The van der Waals surface area contributed by atoms with Gasteiger partial charge in [0.15, 0.2) is 0 Å². The van der Waals surface area contributed by atoms with E-state index in [0.717, 1.165) is 70.6 Å². The van der Waals surface area contributed by atoms with Crippen molar-refractivity contribution in [2.24, 2.45) is 0 Å². The fraction of sp³-hybridized carbons (Fsp3) is 0.745. The van der Waals surface area contributed by atoms with E-state index in [1.54, 1.807) is 6.08 Å². The van der Waals surface area contributed by atoms with Crippen LogP contribution in [0.25, 0.3) is 0 Å². The molecular formula is C51H94N2O6P+. The lowest BCUT2D eigenvalue weighted by molar-refractivity contribution is -0.870. The van der Waals surface area contributed by atoms with Gasteiger partial charge in [0.25, 0.3) is 0 Å². The Hall–Kier alpha value is -2.06. The summed E-state index contributed by atoms with van der Waals surface area (Å²) in [6, 6.07) is -0.845. The molecule has 0 fully saturated rings. The largest absolute Gasteiger partial charge is 0.472 e. The molecule has 0 aliphatic carbocycles. The van der Waals surface area contributed by atoms with E-state index in [1.165, 1.54) is 103 Å². The zero-order valence-corrected chi connectivity index (χ0v) is 40.3. The lowest BCUT2D eigenvalue weighted by Gasteiger charge is -2.25. The van der Waals surface area contributed by atoms with Crippen LogP contribution in [0.1, 0.15) is 194 Å². The van der Waals surface area contributed by atoms with E-state index in [9.17, 15) is 19.4 Å². The van der Waals surface area contributed by atoms with E-state index in [4.69, 9.17) is 9.05 Å². The smallest absolute Gasteiger partial charge is 0.387 e. The number of aliphatic hydroxyl groups is 1. The summed E-state index contributed by atoms with van der Waals surface area (Å²) < 4.78 is 23.5. The van der Waals surface area contributed by atoms with Crippen LogP contribution >= 0.6 is 7.82 Å². The first-order valence-electron chi connectivity index (χ1n) is 24.3. The maximum atomic E-state index is 12.8. The number of likely N-dealkylation sites (N-methyl/N-ethyl adjacent to an activating group) is 1. The van der Waals surface area contributed by atoms with Gasteiger partial charge < -0.3 is 19.8 Å². The van der Waals surface area contributed by atoms with Gasteiger partial charge in [0.1, 0.15) is 13.2 Å². The first-order valence-corrected chi connectivity index (χ1v) is 25.8. The fourth-order valence-electron chi connectivity index (χ4n) is 6.60. The van der Waals surface area contributed by atoms with Gasteiger partial charge in [-0.1, -0.05) is 196 Å². The first kappa shape index (κ1) is 57.9. The number of carbonyl (C=O) groups is 1. The molecule has 0 saturated carbocycles. The van der Waals surface area contributed by atoms with Gasteiger partial charge in [0.2, 0.25) is 5.91 Å². The molecule has 0 spiro atoms. The topological polar surface area (TPSA) is 105 Å². The zero-order valence-electron chi connectivity index (χ0n) is 39.4. The third-order valence-corrected chi connectivity index (χ3v) is 11.4. The van der Waals surface area contributed by atoms with Crippen LogP contribution in [0.2, 0.25) is 0 Å². The molecule has 0 rings (SSSR count). The number of phosphoric ester groups is 1. The molecule has 0 aliphatic heterocycles. The SMILES string of the molecule is CC/C=C\C/C=C\C/C=C\C/C=C\C/C=C\CCCCCCCCCCCCCCCCCC(=O)NC(COP(=O)(O)OCC[N+](C)(C)C)C(O)/C=C/CCCCCCC. The number of hydrogen-bond donors (Lipinski definition) is 3. The number of carbonyl (C=O) groups excluding carboxylic acids is 1. The third-order valence-electron chi connectivity index (χ3n) is 10.4. The molecule has 60 heavy (non-hydrogen) atoms. The van der Waals surface area contributed by atoms with E-state index in [1.807, 2.05) is 27.2 Å². The minimum absolute atomic E-state index is 0.0590. The van der Waals surface area contributed by atoms with Crippen molar-refractivity contribution in [2.45, 2.75) is 206 Å². The Kier molecular flexibility index (Phi) is 40.8. The molecule has 3 atom stereocenters. The summed E-state index contributed by atoms with van der Waals surface area (Å²) in [6.07, 6.45) is 57.3. The number of nitrogens with one attached hydrogen (secondary N) is 1. The maximum Gasteiger partial charge on any atom is 0.472 e. The highest BCUT2D eigenvalue weighted by atomic mass is 31.2. The highest BCUT2D eigenvalue weighted by molar-refractivity contribution is 7.47. The van der Waals surface area contributed by atoms with E-state index >= 15 is 0 Å². The monoisotopic (exact) mass is 862 g/mol. The second kappa shape index (κ2) is 42.3. The van der Waals surface area contributed by atoms with Gasteiger partial charge in [-0.2, -0.15) is 0 Å². The van der Waals surface area contributed by atoms with Crippen LogP contribution in [-0.2, 0) is 18.4 Å². The van der Waals surface area contributed by atoms with Gasteiger partial charge in [0.05, 0.1) is 39.9 Å². The average molecular weight is 862 g/mol. The first-order chi connectivity index (χ1) is 29.0. The molecular weight excluding hydrogens is 768 g/mol. The van der Waals surface area contributed by atoms with Crippen molar-refractivity contribution in [3.63, 3.8) is 0 Å². The van der Waals surface area contributed by atoms with Gasteiger partial charge in [-0.15, -0.1) is 0 Å². The normalized spacial score (nSPS) is 14.8. The second-order valence-corrected chi connectivity index (χ2v) is 18.9. The number of amides is 1. The number of hydrogen-bond acceptors (Lipinski definition) is 5. The molecule has 9 heteroatoms. The quantitative estimate of drug-likeness (QED) is 0.0244. The predicted molar refractivity (Wildman–Crippen MR) is 258 cm³/mol. The van der Waals surface area contributed by atoms with Crippen LogP contribution < -0.4 is 5.32 Å². The lowest BCUT2D eigenvalue weighted by atomic mass is 10.0. The molecule has 0 aromatic heterocycles. The minimum atomic E-state index is -4.33. The number of rotatable bonds is 43. The number of phosphoric acid groups is 1. The minimum Gasteiger partial charge on any atom is -0.387 e. The van der Waals surface area contributed by atoms with Gasteiger partial charge in [-0.05, 0) is 64.2 Å². The zero-order chi connectivity index (χ0) is 44.3. The van der Waals surface area contributed by atoms with E-state index in [-0.39, 0.29) is 19.1 Å². The van der Waals surface area contributed by atoms with Crippen molar-refractivity contribution in [3.05, 3.63) is 72.9 Å². The predicted octanol–water partition coefficient (Wildman–Crippen LogP) is 14.0. The molecule has 3 unspecified atom stereocenters. The molecule has 0 radical (unpaired) electrons. The van der Waals surface area contributed by atoms with E-state index in [0.29, 0.717) is 17.4 Å². The summed E-state index contributed by atoms with van der Waals surface area (Å²) in [6.45, 7) is 4.63. The Morgan fingerprint density at radius 3 is 1.47 bits per heavy atom. The Balaban J connectivity index is 3.98. The molecule has 0 heterocycles. The van der Waals surface area contributed by atoms with Crippen LogP contribution in [0, 0.1) is 0 Å². The van der Waals surface area contributed by atoms with Crippen LogP contribution in [0.3, 0.4) is 0 Å². The molecule has 0 aliphatic rings. The molecule has 0 aromatic rings. The van der Waals surface area contributed by atoms with Crippen molar-refractivity contribution in [1.29, 1.82) is 0 Å². The fourth-order valence-corrected chi connectivity index (χ4v) is 7.33. The molecule has 8 nitrogen and oxygen atoms in total. The molecule has 0 bridgehead atoms. The number of unbranched alkanes of at least 4 members (excludes halogenated alkanes) is 20. The van der Waals surface area contributed by atoms with Crippen LogP contribution in [0.15, 0.2) is 72.9 Å². The number of allylic oxidation sites excluding steroid dienone is 11. The van der Waals surface area contributed by atoms with Crippen LogP contribution in [-0.4, -0.2) is 73.4 Å². The van der Waals surface area contributed by atoms with Crippen LogP contribution in [0.5, 0.6) is 0 Å². The Bertz CT molecular complexity index is 1200. The van der Waals surface area contributed by atoms with Crippen molar-refractivity contribution in [2.75, 3.05) is 40.9 Å². The average Bonchev–Trinajstić information content (AvgIpc) is 3.20. The summed E-state index contributed by atoms with van der Waals surface area (Å²) in [4.78, 5) is 23.0. The van der Waals surface area contributed by atoms with Crippen molar-refractivity contribution >= 4 is 13.7 Å². The summed E-state index contributed by atoms with van der Waals surface area (Å²) >= 11 is 0. The number of aliphatic hydroxyl groups excluding tert-OH is 1. The molecule has 1 amide bonds.